The first-order valence-corrected chi connectivity index (χ1v) is 12.2. The summed E-state index contributed by atoms with van der Waals surface area (Å²) in [7, 11) is 0. The number of phenols is 1. The number of nitro groups is 1. The standard InChI is InChI=1S/C27H28ClN5O4/c1-18-19(2)25(8-6-22(18)16-29-30-27(35)21-7-9-26(34)24(28)15-21)32-12-10-31(11-13-32)17-20-4-3-5-23(14-20)33(36)37/h3-9,14-16,34H,10-13,17H2,1-2H3,(H,30,35)/b29-16+. The molecule has 1 aliphatic heterocycles. The number of carbonyl (C=O) groups is 1. The summed E-state index contributed by atoms with van der Waals surface area (Å²) >= 11 is 5.87. The van der Waals surface area contributed by atoms with Crippen molar-refractivity contribution < 1.29 is 14.8 Å². The van der Waals surface area contributed by atoms with Crippen LogP contribution in [0.3, 0.4) is 0 Å². The van der Waals surface area contributed by atoms with E-state index in [1.54, 1.807) is 18.3 Å². The number of carbonyl (C=O) groups excluding carboxylic acids is 1. The van der Waals surface area contributed by atoms with Crippen LogP contribution in [0.15, 0.2) is 59.7 Å². The number of phenolic OH excluding ortho intramolecular Hbond substituents is 1. The van der Waals surface area contributed by atoms with Gasteiger partial charge in [0.15, 0.2) is 0 Å². The van der Waals surface area contributed by atoms with Gasteiger partial charge >= 0.3 is 0 Å². The maximum absolute atomic E-state index is 12.3. The van der Waals surface area contributed by atoms with Gasteiger partial charge in [-0.2, -0.15) is 5.10 Å². The molecule has 1 amide bonds. The first-order valence-electron chi connectivity index (χ1n) is 11.9. The molecule has 10 heteroatoms. The molecule has 3 aromatic carbocycles. The zero-order chi connectivity index (χ0) is 26.5. The van der Waals surface area contributed by atoms with Gasteiger partial charge in [0.1, 0.15) is 5.75 Å². The van der Waals surface area contributed by atoms with Crippen LogP contribution >= 0.6 is 11.6 Å². The van der Waals surface area contributed by atoms with E-state index in [-0.39, 0.29) is 21.4 Å². The normalized spacial score (nSPS) is 14.2. The molecule has 1 saturated heterocycles. The number of rotatable bonds is 7. The van der Waals surface area contributed by atoms with Crippen molar-refractivity contribution in [2.45, 2.75) is 20.4 Å². The van der Waals surface area contributed by atoms with Crippen molar-refractivity contribution >= 4 is 35.1 Å². The summed E-state index contributed by atoms with van der Waals surface area (Å²) in [6.07, 6.45) is 1.61. The van der Waals surface area contributed by atoms with E-state index in [9.17, 15) is 20.0 Å². The highest BCUT2D eigenvalue weighted by Crippen LogP contribution is 2.27. The van der Waals surface area contributed by atoms with E-state index < -0.39 is 5.91 Å². The third-order valence-electron chi connectivity index (χ3n) is 6.62. The minimum Gasteiger partial charge on any atom is -0.506 e. The molecule has 1 fully saturated rings. The lowest BCUT2D eigenvalue weighted by Gasteiger charge is -2.37. The van der Waals surface area contributed by atoms with Gasteiger partial charge in [0.2, 0.25) is 0 Å². The first-order chi connectivity index (χ1) is 17.7. The summed E-state index contributed by atoms with van der Waals surface area (Å²) in [5, 5.41) is 24.7. The molecule has 2 N–H and O–H groups in total. The van der Waals surface area contributed by atoms with Gasteiger partial charge in [0, 0.05) is 56.1 Å². The van der Waals surface area contributed by atoms with Crippen LogP contribution in [0.5, 0.6) is 5.75 Å². The average molecular weight is 522 g/mol. The molecule has 9 nitrogen and oxygen atoms in total. The number of halogens is 1. The highest BCUT2D eigenvalue weighted by molar-refractivity contribution is 6.32. The molecule has 0 aliphatic carbocycles. The minimum atomic E-state index is -0.424. The molecular formula is C27H28ClN5O4. The molecule has 1 heterocycles. The van der Waals surface area contributed by atoms with Gasteiger partial charge in [0.05, 0.1) is 16.2 Å². The van der Waals surface area contributed by atoms with Gasteiger partial charge in [-0.15, -0.1) is 0 Å². The van der Waals surface area contributed by atoms with E-state index in [0.29, 0.717) is 12.1 Å². The highest BCUT2D eigenvalue weighted by atomic mass is 35.5. The van der Waals surface area contributed by atoms with Crippen molar-refractivity contribution in [3.63, 3.8) is 0 Å². The van der Waals surface area contributed by atoms with Crippen LogP contribution in [-0.2, 0) is 6.54 Å². The Morgan fingerprint density at radius 2 is 1.86 bits per heavy atom. The molecule has 0 saturated carbocycles. The van der Waals surface area contributed by atoms with Crippen LogP contribution in [0.1, 0.15) is 32.6 Å². The van der Waals surface area contributed by atoms with E-state index in [0.717, 1.165) is 54.1 Å². The fourth-order valence-corrected chi connectivity index (χ4v) is 4.54. The Balaban J connectivity index is 1.35. The van der Waals surface area contributed by atoms with Crippen molar-refractivity contribution in [1.29, 1.82) is 0 Å². The lowest BCUT2D eigenvalue weighted by Crippen LogP contribution is -2.46. The first kappa shape index (κ1) is 26.1. The van der Waals surface area contributed by atoms with Crippen molar-refractivity contribution in [2.75, 3.05) is 31.1 Å². The number of hydrogen-bond acceptors (Lipinski definition) is 7. The lowest BCUT2D eigenvalue weighted by atomic mass is 10.0. The van der Waals surface area contributed by atoms with Gasteiger partial charge in [-0.1, -0.05) is 29.8 Å². The Kier molecular flexibility index (Phi) is 8.05. The van der Waals surface area contributed by atoms with Crippen molar-refractivity contribution in [3.8, 4) is 5.75 Å². The number of hydrogen-bond donors (Lipinski definition) is 2. The molecule has 192 valence electrons. The average Bonchev–Trinajstić information content (AvgIpc) is 2.89. The molecule has 3 aromatic rings. The molecule has 0 spiro atoms. The summed E-state index contributed by atoms with van der Waals surface area (Å²) in [4.78, 5) is 27.6. The summed E-state index contributed by atoms with van der Waals surface area (Å²) < 4.78 is 0. The molecule has 4 rings (SSSR count). The fourth-order valence-electron chi connectivity index (χ4n) is 4.36. The number of hydrazone groups is 1. The number of benzene rings is 3. The Labute approximate surface area is 220 Å². The van der Waals surface area contributed by atoms with Gasteiger partial charge < -0.3 is 10.0 Å². The molecule has 0 aromatic heterocycles. The zero-order valence-electron chi connectivity index (χ0n) is 20.6. The second kappa shape index (κ2) is 11.4. The van der Waals surface area contributed by atoms with E-state index in [1.165, 1.54) is 24.3 Å². The molecule has 0 bridgehead atoms. The molecule has 0 unspecified atom stereocenters. The highest BCUT2D eigenvalue weighted by Gasteiger charge is 2.20. The third kappa shape index (κ3) is 6.25. The summed E-state index contributed by atoms with van der Waals surface area (Å²) in [5.41, 5.74) is 8.13. The Bertz CT molecular complexity index is 1350. The summed E-state index contributed by atoms with van der Waals surface area (Å²) in [5.74, 6) is -0.510. The molecule has 1 aliphatic rings. The number of anilines is 1. The van der Waals surface area contributed by atoms with Crippen LogP contribution in [0.4, 0.5) is 11.4 Å². The monoisotopic (exact) mass is 521 g/mol. The smallest absolute Gasteiger partial charge is 0.271 e. The number of piperazine rings is 1. The zero-order valence-corrected chi connectivity index (χ0v) is 21.4. The van der Waals surface area contributed by atoms with Crippen molar-refractivity contribution in [2.24, 2.45) is 5.10 Å². The SMILES string of the molecule is Cc1c(/C=N/NC(=O)c2ccc(O)c(Cl)c2)ccc(N2CCN(Cc3cccc([N+](=O)[O-])c3)CC2)c1C. The molecule has 0 radical (unpaired) electrons. The number of amides is 1. The van der Waals surface area contributed by atoms with Crippen molar-refractivity contribution in [3.05, 3.63) is 97.6 Å². The van der Waals surface area contributed by atoms with E-state index in [1.807, 2.05) is 19.1 Å². The lowest BCUT2D eigenvalue weighted by molar-refractivity contribution is -0.384. The largest absolute Gasteiger partial charge is 0.506 e. The van der Waals surface area contributed by atoms with E-state index >= 15 is 0 Å². The maximum atomic E-state index is 12.3. The Hall–Kier alpha value is -3.95. The van der Waals surface area contributed by atoms with Gasteiger partial charge in [-0.05, 0) is 60.4 Å². The van der Waals surface area contributed by atoms with Crippen LogP contribution in [-0.4, -0.2) is 53.2 Å². The minimum absolute atomic E-state index is 0.0863. The Morgan fingerprint density at radius 1 is 1.11 bits per heavy atom. The molecular weight excluding hydrogens is 494 g/mol. The predicted molar refractivity (Wildman–Crippen MR) is 145 cm³/mol. The van der Waals surface area contributed by atoms with E-state index in [4.69, 9.17) is 11.6 Å². The predicted octanol–water partition coefficient (Wildman–Crippen LogP) is 4.66. The van der Waals surface area contributed by atoms with Crippen molar-refractivity contribution in [1.82, 2.24) is 10.3 Å². The van der Waals surface area contributed by atoms with Gasteiger partial charge in [0.25, 0.3) is 11.6 Å². The summed E-state index contributed by atoms with van der Waals surface area (Å²) in [6, 6.07) is 15.1. The number of nitrogens with zero attached hydrogens (tertiary/aromatic N) is 4. The van der Waals surface area contributed by atoms with Gasteiger partial charge in [-0.25, -0.2) is 5.43 Å². The van der Waals surface area contributed by atoms with Crippen LogP contribution < -0.4 is 10.3 Å². The van der Waals surface area contributed by atoms with Crippen LogP contribution in [0, 0.1) is 24.0 Å². The topological polar surface area (TPSA) is 111 Å². The molecule has 0 atom stereocenters. The number of nitrogens with one attached hydrogen (secondary N) is 1. The quantitative estimate of drug-likeness (QED) is 0.266. The summed E-state index contributed by atoms with van der Waals surface area (Å²) in [6.45, 7) is 8.22. The van der Waals surface area contributed by atoms with Crippen LogP contribution in [0.25, 0.3) is 0 Å². The second-order valence-corrected chi connectivity index (χ2v) is 9.39. The van der Waals surface area contributed by atoms with Crippen LogP contribution in [0.2, 0.25) is 5.02 Å². The second-order valence-electron chi connectivity index (χ2n) is 8.98. The van der Waals surface area contributed by atoms with E-state index in [2.05, 4.69) is 33.3 Å². The number of non-ortho nitro benzene ring substituents is 1. The third-order valence-corrected chi connectivity index (χ3v) is 6.92. The number of aromatic hydroxyl groups is 1. The molecule has 37 heavy (non-hydrogen) atoms. The Morgan fingerprint density at radius 3 is 2.57 bits per heavy atom. The number of nitro benzene ring substituents is 1. The maximum Gasteiger partial charge on any atom is 0.271 e. The van der Waals surface area contributed by atoms with Gasteiger partial charge in [-0.3, -0.25) is 19.8 Å². The fraction of sp³-hybridized carbons (Fsp3) is 0.259.